The van der Waals surface area contributed by atoms with Gasteiger partial charge in [-0.2, -0.15) is 0 Å². The number of hydrogen-bond donors (Lipinski definition) is 2. The van der Waals surface area contributed by atoms with E-state index in [1.807, 2.05) is 0 Å². The average molecular weight is 226 g/mol. The van der Waals surface area contributed by atoms with E-state index in [2.05, 4.69) is 33.1 Å². The van der Waals surface area contributed by atoms with Crippen LogP contribution < -0.4 is 11.3 Å². The Kier molecular flexibility index (Phi) is 5.77. The minimum Gasteiger partial charge on any atom is -0.271 e. The van der Waals surface area contributed by atoms with Crippen LogP contribution in [-0.4, -0.2) is 6.04 Å². The summed E-state index contributed by atoms with van der Waals surface area (Å²) in [7, 11) is 0. The molecule has 2 unspecified atom stereocenters. The first-order valence-electron chi connectivity index (χ1n) is 7.06. The van der Waals surface area contributed by atoms with E-state index in [1.54, 1.807) is 0 Å². The maximum absolute atomic E-state index is 5.76. The Balaban J connectivity index is 2.49. The largest absolute Gasteiger partial charge is 0.271 e. The van der Waals surface area contributed by atoms with Gasteiger partial charge in [-0.1, -0.05) is 47.0 Å². The van der Waals surface area contributed by atoms with Crippen molar-refractivity contribution < 1.29 is 0 Å². The zero-order valence-electron chi connectivity index (χ0n) is 11.5. The molecule has 1 aliphatic rings. The Morgan fingerprint density at radius 3 is 2.06 bits per heavy atom. The fourth-order valence-corrected chi connectivity index (χ4v) is 3.09. The van der Waals surface area contributed by atoms with Crippen molar-refractivity contribution in [2.24, 2.45) is 29.5 Å². The van der Waals surface area contributed by atoms with Crippen molar-refractivity contribution in [1.82, 2.24) is 5.43 Å². The molecule has 0 aliphatic heterocycles. The van der Waals surface area contributed by atoms with E-state index < -0.39 is 0 Å². The molecule has 16 heavy (non-hydrogen) atoms. The van der Waals surface area contributed by atoms with E-state index in [-0.39, 0.29) is 0 Å². The summed E-state index contributed by atoms with van der Waals surface area (Å²) in [6.07, 6.45) is 6.90. The molecule has 0 aromatic carbocycles. The van der Waals surface area contributed by atoms with Crippen molar-refractivity contribution in [3.8, 4) is 0 Å². The Morgan fingerprint density at radius 1 is 1.12 bits per heavy atom. The van der Waals surface area contributed by atoms with Crippen molar-refractivity contribution in [2.45, 2.75) is 65.8 Å². The molecule has 2 heteroatoms. The Morgan fingerprint density at radius 2 is 1.69 bits per heavy atom. The van der Waals surface area contributed by atoms with E-state index in [4.69, 9.17) is 5.84 Å². The highest BCUT2D eigenvalue weighted by Crippen LogP contribution is 2.35. The number of hydrogen-bond acceptors (Lipinski definition) is 2. The molecule has 96 valence electrons. The molecule has 1 fully saturated rings. The summed E-state index contributed by atoms with van der Waals surface area (Å²) in [6.45, 7) is 9.25. The van der Waals surface area contributed by atoms with Gasteiger partial charge in [0.2, 0.25) is 0 Å². The third kappa shape index (κ3) is 3.46. The lowest BCUT2D eigenvalue weighted by Gasteiger charge is -2.37. The SMILES string of the molecule is CCC1CCC(C(NN)C(C)C(C)C)CC1. The van der Waals surface area contributed by atoms with Gasteiger partial charge in [-0.15, -0.1) is 0 Å². The molecule has 3 N–H and O–H groups in total. The molecule has 2 nitrogen and oxygen atoms in total. The van der Waals surface area contributed by atoms with Crippen LogP contribution in [0.4, 0.5) is 0 Å². The fraction of sp³-hybridized carbons (Fsp3) is 1.00. The Labute approximate surface area is 101 Å². The van der Waals surface area contributed by atoms with E-state index in [1.165, 1.54) is 32.1 Å². The molecule has 2 atom stereocenters. The smallest absolute Gasteiger partial charge is 0.0266 e. The van der Waals surface area contributed by atoms with Gasteiger partial charge in [-0.25, -0.2) is 0 Å². The van der Waals surface area contributed by atoms with Crippen LogP contribution in [0.5, 0.6) is 0 Å². The van der Waals surface area contributed by atoms with Crippen molar-refractivity contribution in [1.29, 1.82) is 0 Å². The average Bonchev–Trinajstić information content (AvgIpc) is 2.30. The van der Waals surface area contributed by atoms with Gasteiger partial charge in [0.1, 0.15) is 0 Å². The lowest BCUT2D eigenvalue weighted by molar-refractivity contribution is 0.160. The highest BCUT2D eigenvalue weighted by Gasteiger charge is 2.30. The monoisotopic (exact) mass is 226 g/mol. The first-order chi connectivity index (χ1) is 7.60. The fourth-order valence-electron chi connectivity index (χ4n) is 3.09. The van der Waals surface area contributed by atoms with Gasteiger partial charge in [0.05, 0.1) is 0 Å². The summed E-state index contributed by atoms with van der Waals surface area (Å²) in [5.74, 6) is 8.92. The quantitative estimate of drug-likeness (QED) is 0.557. The van der Waals surface area contributed by atoms with Gasteiger partial charge < -0.3 is 0 Å². The van der Waals surface area contributed by atoms with Crippen LogP contribution in [0.2, 0.25) is 0 Å². The van der Waals surface area contributed by atoms with Crippen LogP contribution in [0.3, 0.4) is 0 Å². The molecule has 1 aliphatic carbocycles. The van der Waals surface area contributed by atoms with E-state index >= 15 is 0 Å². The van der Waals surface area contributed by atoms with Gasteiger partial charge in [0, 0.05) is 6.04 Å². The molecule has 0 bridgehead atoms. The van der Waals surface area contributed by atoms with Crippen LogP contribution in [0, 0.1) is 23.7 Å². The van der Waals surface area contributed by atoms with E-state index in [0.717, 1.165) is 11.8 Å². The molecule has 0 heterocycles. The first kappa shape index (κ1) is 14.0. The summed E-state index contributed by atoms with van der Waals surface area (Å²) in [6, 6.07) is 0.512. The Bertz CT molecular complexity index is 183. The van der Waals surface area contributed by atoms with Crippen molar-refractivity contribution in [3.05, 3.63) is 0 Å². The summed E-state index contributed by atoms with van der Waals surface area (Å²) in [5.41, 5.74) is 3.09. The molecule has 0 amide bonds. The summed E-state index contributed by atoms with van der Waals surface area (Å²) in [4.78, 5) is 0. The number of nitrogens with one attached hydrogen (secondary N) is 1. The summed E-state index contributed by atoms with van der Waals surface area (Å²) >= 11 is 0. The third-order valence-corrected chi connectivity index (χ3v) is 4.79. The molecule has 1 saturated carbocycles. The van der Waals surface area contributed by atoms with Crippen molar-refractivity contribution >= 4 is 0 Å². The van der Waals surface area contributed by atoms with E-state index in [9.17, 15) is 0 Å². The summed E-state index contributed by atoms with van der Waals surface area (Å²) < 4.78 is 0. The van der Waals surface area contributed by atoms with Crippen LogP contribution in [0.25, 0.3) is 0 Å². The molecule has 0 saturated heterocycles. The van der Waals surface area contributed by atoms with Crippen molar-refractivity contribution in [2.75, 3.05) is 0 Å². The van der Waals surface area contributed by atoms with Crippen LogP contribution in [0.1, 0.15) is 59.8 Å². The van der Waals surface area contributed by atoms with Crippen LogP contribution in [-0.2, 0) is 0 Å². The second kappa shape index (κ2) is 6.61. The second-order valence-electron chi connectivity index (χ2n) is 5.98. The number of hydrazine groups is 1. The second-order valence-corrected chi connectivity index (χ2v) is 5.98. The minimum absolute atomic E-state index is 0.512. The van der Waals surface area contributed by atoms with E-state index in [0.29, 0.717) is 17.9 Å². The lowest BCUT2D eigenvalue weighted by atomic mass is 9.73. The lowest BCUT2D eigenvalue weighted by Crippen LogP contribution is -2.47. The molecular weight excluding hydrogens is 196 g/mol. The maximum Gasteiger partial charge on any atom is 0.0266 e. The minimum atomic E-state index is 0.512. The number of nitrogens with two attached hydrogens (primary N) is 1. The van der Waals surface area contributed by atoms with Gasteiger partial charge >= 0.3 is 0 Å². The topological polar surface area (TPSA) is 38.0 Å². The van der Waals surface area contributed by atoms with Gasteiger partial charge in [0.15, 0.2) is 0 Å². The Hall–Kier alpha value is -0.0800. The highest BCUT2D eigenvalue weighted by molar-refractivity contribution is 4.84. The molecule has 0 radical (unpaired) electrons. The molecule has 0 aromatic rings. The van der Waals surface area contributed by atoms with Crippen LogP contribution in [0.15, 0.2) is 0 Å². The molecule has 1 rings (SSSR count). The van der Waals surface area contributed by atoms with Gasteiger partial charge in [0.25, 0.3) is 0 Å². The molecule has 0 spiro atoms. The normalized spacial score (nSPS) is 30.4. The zero-order chi connectivity index (χ0) is 12.1. The van der Waals surface area contributed by atoms with Gasteiger partial charge in [-0.05, 0) is 36.5 Å². The summed E-state index contributed by atoms with van der Waals surface area (Å²) in [5, 5.41) is 0. The van der Waals surface area contributed by atoms with Crippen LogP contribution >= 0.6 is 0 Å². The zero-order valence-corrected chi connectivity index (χ0v) is 11.5. The molecule has 0 aromatic heterocycles. The highest BCUT2D eigenvalue weighted by atomic mass is 15.2. The van der Waals surface area contributed by atoms with Gasteiger partial charge in [-0.3, -0.25) is 11.3 Å². The predicted molar refractivity (Wildman–Crippen MR) is 70.9 cm³/mol. The first-order valence-corrected chi connectivity index (χ1v) is 7.06. The van der Waals surface area contributed by atoms with Crippen molar-refractivity contribution in [3.63, 3.8) is 0 Å². The maximum atomic E-state index is 5.76. The molecular formula is C14H30N2. The predicted octanol–water partition coefficient (Wildman–Crippen LogP) is 3.33. The number of rotatable bonds is 5. The third-order valence-electron chi connectivity index (χ3n) is 4.79. The standard InChI is InChI=1S/C14H30N2/c1-5-12-6-8-13(9-7-12)14(16-15)11(4)10(2)3/h10-14,16H,5-9,15H2,1-4H3.